The number of hydrogen-bond donors (Lipinski definition) is 1. The topological polar surface area (TPSA) is 25.2 Å². The van der Waals surface area contributed by atoms with E-state index in [1.807, 2.05) is 13.0 Å². The van der Waals surface area contributed by atoms with Crippen molar-refractivity contribution in [3.05, 3.63) is 28.0 Å². The zero-order chi connectivity index (χ0) is 8.43. The van der Waals surface area contributed by atoms with E-state index in [4.69, 9.17) is 17.4 Å². The number of rotatable bonds is 1. The Bertz CT molecular complexity index is 316. The molecule has 1 N–H and O–H groups in total. The van der Waals surface area contributed by atoms with E-state index in [9.17, 15) is 0 Å². The molecule has 0 aromatic carbocycles. The van der Waals surface area contributed by atoms with E-state index in [0.29, 0.717) is 4.64 Å². The van der Waals surface area contributed by atoms with Crippen LogP contribution in [0.25, 0.3) is 0 Å². The van der Waals surface area contributed by atoms with E-state index < -0.39 is 0 Å². The van der Waals surface area contributed by atoms with Crippen molar-refractivity contribution >= 4 is 12.2 Å². The van der Waals surface area contributed by atoms with Crippen LogP contribution in [0.15, 0.2) is 12.3 Å². The van der Waals surface area contributed by atoms with E-state index in [1.165, 1.54) is 5.56 Å². The monoisotopic (exact) mass is 169 g/mol. The Hall–Kier alpha value is -0.830. The van der Waals surface area contributed by atoms with Crippen molar-refractivity contribution in [2.75, 3.05) is 0 Å². The van der Waals surface area contributed by atoms with Crippen molar-refractivity contribution in [2.24, 2.45) is 0 Å². The van der Waals surface area contributed by atoms with E-state index in [-0.39, 0.29) is 0 Å². The molecule has 3 heteroatoms. The fourth-order valence-electron chi connectivity index (χ4n) is 1.05. The van der Waals surface area contributed by atoms with Crippen LogP contribution >= 0.6 is 12.2 Å². The maximum Gasteiger partial charge on any atom is 0.145 e. The van der Waals surface area contributed by atoms with E-state index in [0.717, 1.165) is 16.7 Å². The summed E-state index contributed by atoms with van der Waals surface area (Å²) in [4.78, 5) is 0. The van der Waals surface area contributed by atoms with Crippen LogP contribution in [-0.2, 0) is 6.42 Å². The molecule has 1 rings (SSSR count). The zero-order valence-corrected chi connectivity index (χ0v) is 7.48. The largest absolute Gasteiger partial charge is 0.428 e. The number of hydrogen-bond acceptors (Lipinski definition) is 2. The van der Waals surface area contributed by atoms with Crippen molar-refractivity contribution in [1.82, 2.24) is 4.73 Å². The van der Waals surface area contributed by atoms with Gasteiger partial charge in [0.25, 0.3) is 0 Å². The van der Waals surface area contributed by atoms with Crippen LogP contribution in [0.4, 0.5) is 0 Å². The van der Waals surface area contributed by atoms with Gasteiger partial charge in [0.2, 0.25) is 0 Å². The number of aromatic nitrogens is 1. The van der Waals surface area contributed by atoms with Gasteiger partial charge in [0.1, 0.15) is 4.64 Å². The van der Waals surface area contributed by atoms with Crippen molar-refractivity contribution < 1.29 is 5.21 Å². The van der Waals surface area contributed by atoms with Crippen molar-refractivity contribution in [3.8, 4) is 0 Å². The Morgan fingerprint density at radius 1 is 1.64 bits per heavy atom. The summed E-state index contributed by atoms with van der Waals surface area (Å²) in [5.41, 5.74) is 2.19. The highest BCUT2D eigenvalue weighted by molar-refractivity contribution is 7.71. The van der Waals surface area contributed by atoms with Gasteiger partial charge in [0.05, 0.1) is 0 Å². The van der Waals surface area contributed by atoms with Gasteiger partial charge in [-0.3, -0.25) is 0 Å². The van der Waals surface area contributed by atoms with Crippen molar-refractivity contribution in [1.29, 1.82) is 0 Å². The van der Waals surface area contributed by atoms with Crippen LogP contribution in [0.3, 0.4) is 0 Å². The summed E-state index contributed by atoms with van der Waals surface area (Å²) in [5, 5.41) is 9.13. The molecule has 1 aromatic heterocycles. The highest BCUT2D eigenvalue weighted by Gasteiger charge is 1.98. The number of aryl methyl sites for hydroxylation is 1. The van der Waals surface area contributed by atoms with Crippen LogP contribution in [0, 0.1) is 11.6 Å². The molecular weight excluding hydrogens is 158 g/mol. The van der Waals surface area contributed by atoms with Crippen LogP contribution in [0.5, 0.6) is 0 Å². The average Bonchev–Trinajstić information content (AvgIpc) is 2.01. The molecule has 60 valence electrons. The number of pyridine rings is 1. The van der Waals surface area contributed by atoms with E-state index in [2.05, 4.69) is 6.92 Å². The normalized spacial score (nSPS) is 10.0. The summed E-state index contributed by atoms with van der Waals surface area (Å²) in [6.07, 6.45) is 2.53. The van der Waals surface area contributed by atoms with Crippen LogP contribution in [0.2, 0.25) is 0 Å². The summed E-state index contributed by atoms with van der Waals surface area (Å²) >= 11 is 4.96. The van der Waals surface area contributed by atoms with Gasteiger partial charge in [-0.15, -0.1) is 0 Å². The van der Waals surface area contributed by atoms with Gasteiger partial charge in [0.15, 0.2) is 0 Å². The maximum absolute atomic E-state index is 9.13. The molecule has 0 aliphatic carbocycles. The predicted molar refractivity (Wildman–Crippen MR) is 46.6 cm³/mol. The molecule has 0 amide bonds. The van der Waals surface area contributed by atoms with Gasteiger partial charge in [0, 0.05) is 6.20 Å². The first kappa shape index (κ1) is 8.27. The first-order valence-electron chi connectivity index (χ1n) is 3.57. The third kappa shape index (κ3) is 1.43. The second kappa shape index (κ2) is 3.05. The lowest BCUT2D eigenvalue weighted by atomic mass is 10.1. The first-order chi connectivity index (χ1) is 5.16. The third-order valence-corrected chi connectivity index (χ3v) is 2.30. The summed E-state index contributed by atoms with van der Waals surface area (Å²) in [5.74, 6) is 0. The zero-order valence-electron chi connectivity index (χ0n) is 6.66. The van der Waals surface area contributed by atoms with Gasteiger partial charge >= 0.3 is 0 Å². The van der Waals surface area contributed by atoms with Gasteiger partial charge in [-0.25, -0.2) is 0 Å². The van der Waals surface area contributed by atoms with E-state index in [1.54, 1.807) is 6.20 Å². The highest BCUT2D eigenvalue weighted by atomic mass is 32.1. The first-order valence-corrected chi connectivity index (χ1v) is 3.98. The molecule has 0 fully saturated rings. The molecule has 0 unspecified atom stereocenters. The molecule has 0 aliphatic heterocycles. The van der Waals surface area contributed by atoms with Gasteiger partial charge in [-0.2, -0.15) is 4.73 Å². The summed E-state index contributed by atoms with van der Waals surface area (Å²) in [6, 6.07) is 1.88. The molecule has 0 saturated heterocycles. The smallest absolute Gasteiger partial charge is 0.145 e. The number of nitrogens with zero attached hydrogens (tertiary/aromatic N) is 1. The standard InChI is InChI=1S/C8H11NOS/c1-3-7-4-5-9(10)8(11)6(7)2/h4-5,10H,3H2,1-2H3. The molecule has 0 atom stereocenters. The lowest BCUT2D eigenvalue weighted by Crippen LogP contribution is -1.98. The Labute approximate surface area is 71.1 Å². The Kier molecular flexibility index (Phi) is 2.29. The van der Waals surface area contributed by atoms with Crippen LogP contribution in [0.1, 0.15) is 18.1 Å². The van der Waals surface area contributed by atoms with Crippen LogP contribution in [-0.4, -0.2) is 9.94 Å². The van der Waals surface area contributed by atoms with Gasteiger partial charge in [-0.05, 0) is 30.5 Å². The van der Waals surface area contributed by atoms with Crippen molar-refractivity contribution in [2.45, 2.75) is 20.3 Å². The fraction of sp³-hybridized carbons (Fsp3) is 0.375. The summed E-state index contributed by atoms with van der Waals surface area (Å²) in [7, 11) is 0. The summed E-state index contributed by atoms with van der Waals surface area (Å²) in [6.45, 7) is 3.99. The molecular formula is C8H11NOS. The lowest BCUT2D eigenvalue weighted by molar-refractivity contribution is 0.179. The third-order valence-electron chi connectivity index (χ3n) is 1.81. The molecule has 2 nitrogen and oxygen atoms in total. The molecule has 11 heavy (non-hydrogen) atoms. The highest BCUT2D eigenvalue weighted by Crippen LogP contribution is 2.08. The minimum absolute atomic E-state index is 0.504. The molecule has 0 aliphatic rings. The predicted octanol–water partition coefficient (Wildman–Crippen LogP) is 2.33. The fourth-order valence-corrected chi connectivity index (χ4v) is 1.24. The average molecular weight is 169 g/mol. The summed E-state index contributed by atoms with van der Waals surface area (Å²) < 4.78 is 1.48. The Morgan fingerprint density at radius 3 is 2.82 bits per heavy atom. The maximum atomic E-state index is 9.13. The second-order valence-corrected chi connectivity index (χ2v) is 2.86. The lowest BCUT2D eigenvalue weighted by Gasteiger charge is -2.04. The minimum Gasteiger partial charge on any atom is -0.428 e. The molecule has 0 radical (unpaired) electrons. The van der Waals surface area contributed by atoms with Crippen molar-refractivity contribution in [3.63, 3.8) is 0 Å². The molecule has 0 bridgehead atoms. The van der Waals surface area contributed by atoms with Crippen LogP contribution < -0.4 is 0 Å². The Balaban J connectivity index is 3.37. The molecule has 0 spiro atoms. The van der Waals surface area contributed by atoms with E-state index >= 15 is 0 Å². The Morgan fingerprint density at radius 2 is 2.27 bits per heavy atom. The van der Waals surface area contributed by atoms with Gasteiger partial charge < -0.3 is 5.21 Å². The molecule has 1 aromatic rings. The quantitative estimate of drug-likeness (QED) is 0.515. The molecule has 0 saturated carbocycles. The second-order valence-electron chi connectivity index (χ2n) is 2.47. The SMILES string of the molecule is CCc1ccn(O)c(=S)c1C. The molecule has 1 heterocycles. The van der Waals surface area contributed by atoms with Gasteiger partial charge in [-0.1, -0.05) is 19.1 Å². The minimum atomic E-state index is 0.504.